The molecule has 0 saturated carbocycles. The zero-order valence-electron chi connectivity index (χ0n) is 12.5. The van der Waals surface area contributed by atoms with Crippen LogP contribution in [0, 0.1) is 0 Å². The Balaban J connectivity index is 2.16. The lowest BCUT2D eigenvalue weighted by molar-refractivity contribution is -0.138. The lowest BCUT2D eigenvalue weighted by Crippen LogP contribution is -2.31. The quantitative estimate of drug-likeness (QED) is 0.686. The molecule has 2 rings (SSSR count). The summed E-state index contributed by atoms with van der Waals surface area (Å²) in [5.74, 6) is -2.80. The van der Waals surface area contributed by atoms with E-state index in [0.717, 1.165) is 0 Å². The fraction of sp³-hybridized carbons (Fsp3) is 0.125. The molecule has 0 aliphatic heterocycles. The van der Waals surface area contributed by atoms with Crippen LogP contribution in [0.25, 0.3) is 0 Å². The number of hydrogen-bond donors (Lipinski definition) is 3. The van der Waals surface area contributed by atoms with Gasteiger partial charge >= 0.3 is 5.97 Å². The van der Waals surface area contributed by atoms with Crippen molar-refractivity contribution in [3.05, 3.63) is 65.7 Å². The molecule has 0 spiro atoms. The zero-order valence-corrected chi connectivity index (χ0v) is 13.4. The van der Waals surface area contributed by atoms with Gasteiger partial charge in [-0.2, -0.15) is 0 Å². The number of amides is 1. The predicted octanol–water partition coefficient (Wildman–Crippen LogP) is 0.932. The summed E-state index contributed by atoms with van der Waals surface area (Å²) in [6, 6.07) is 13.4. The molecule has 24 heavy (non-hydrogen) atoms. The summed E-state index contributed by atoms with van der Waals surface area (Å²) < 4.78 is 26.8. The van der Waals surface area contributed by atoms with E-state index in [1.807, 2.05) is 0 Å². The fourth-order valence-electron chi connectivity index (χ4n) is 2.11. The molecule has 0 aliphatic rings. The number of benzene rings is 2. The van der Waals surface area contributed by atoms with Crippen molar-refractivity contribution in [1.29, 1.82) is 0 Å². The topological polar surface area (TPSA) is 127 Å². The number of primary amides is 1. The number of carboxylic acids is 1. The van der Waals surface area contributed by atoms with Crippen LogP contribution in [0.5, 0.6) is 0 Å². The average molecular weight is 348 g/mol. The SMILES string of the molecule is NC(=O)c1ccc(S(=O)(=O)NCC(C(=O)O)c2ccccc2)cc1. The van der Waals surface area contributed by atoms with Crippen molar-refractivity contribution >= 4 is 21.9 Å². The molecule has 0 bridgehead atoms. The molecule has 2 aromatic carbocycles. The molecular formula is C16H16N2O5S. The van der Waals surface area contributed by atoms with Crippen molar-refractivity contribution in [1.82, 2.24) is 4.72 Å². The van der Waals surface area contributed by atoms with Crippen LogP contribution in [0.15, 0.2) is 59.5 Å². The Morgan fingerprint density at radius 2 is 1.62 bits per heavy atom. The second-order valence-electron chi connectivity index (χ2n) is 5.04. The van der Waals surface area contributed by atoms with Gasteiger partial charge in [-0.15, -0.1) is 0 Å². The summed E-state index contributed by atoms with van der Waals surface area (Å²) in [6.07, 6.45) is 0. The standard InChI is InChI=1S/C16H16N2O5S/c17-15(19)12-6-8-13(9-7-12)24(22,23)18-10-14(16(20)21)11-4-2-1-3-5-11/h1-9,14,18H,10H2,(H2,17,19)(H,20,21). The Labute approximate surface area is 139 Å². The third-order valence-electron chi connectivity index (χ3n) is 3.43. The fourth-order valence-corrected chi connectivity index (χ4v) is 3.15. The monoisotopic (exact) mass is 348 g/mol. The normalized spacial score (nSPS) is 12.5. The number of rotatable bonds is 7. The van der Waals surface area contributed by atoms with E-state index in [-0.39, 0.29) is 17.0 Å². The summed E-state index contributed by atoms with van der Waals surface area (Å²) in [5, 5.41) is 9.31. The van der Waals surface area contributed by atoms with Crippen LogP contribution in [-0.4, -0.2) is 31.9 Å². The van der Waals surface area contributed by atoms with E-state index in [9.17, 15) is 23.1 Å². The van der Waals surface area contributed by atoms with E-state index in [4.69, 9.17) is 5.73 Å². The summed E-state index contributed by atoms with van der Waals surface area (Å²) in [5.41, 5.74) is 5.78. The van der Waals surface area contributed by atoms with Crippen LogP contribution in [0.1, 0.15) is 21.8 Å². The number of nitrogens with one attached hydrogen (secondary N) is 1. The summed E-state index contributed by atoms with van der Waals surface area (Å²) >= 11 is 0. The minimum atomic E-state index is -3.90. The first kappa shape index (κ1) is 17.6. The van der Waals surface area contributed by atoms with Crippen LogP contribution < -0.4 is 10.5 Å². The van der Waals surface area contributed by atoms with Crippen molar-refractivity contribution in [2.75, 3.05) is 6.54 Å². The lowest BCUT2D eigenvalue weighted by atomic mass is 10.00. The Bertz CT molecular complexity index is 833. The van der Waals surface area contributed by atoms with E-state index in [2.05, 4.69) is 4.72 Å². The largest absolute Gasteiger partial charge is 0.481 e. The number of sulfonamides is 1. The second-order valence-corrected chi connectivity index (χ2v) is 6.81. The van der Waals surface area contributed by atoms with Gasteiger partial charge in [0.25, 0.3) is 0 Å². The number of carbonyl (C=O) groups excluding carboxylic acids is 1. The van der Waals surface area contributed by atoms with E-state index in [0.29, 0.717) is 5.56 Å². The molecule has 0 aliphatic carbocycles. The summed E-state index contributed by atoms with van der Waals surface area (Å²) in [4.78, 5) is 22.3. The highest BCUT2D eigenvalue weighted by Crippen LogP contribution is 2.17. The smallest absolute Gasteiger partial charge is 0.312 e. The predicted molar refractivity (Wildman–Crippen MR) is 87.0 cm³/mol. The van der Waals surface area contributed by atoms with Gasteiger partial charge in [0, 0.05) is 12.1 Å². The molecule has 2 aromatic rings. The Kier molecular flexibility index (Phi) is 5.32. The lowest BCUT2D eigenvalue weighted by Gasteiger charge is -2.14. The van der Waals surface area contributed by atoms with Gasteiger partial charge in [-0.05, 0) is 29.8 Å². The van der Waals surface area contributed by atoms with Gasteiger partial charge < -0.3 is 10.8 Å². The van der Waals surface area contributed by atoms with Crippen molar-refractivity contribution in [2.45, 2.75) is 10.8 Å². The van der Waals surface area contributed by atoms with Crippen molar-refractivity contribution in [2.24, 2.45) is 5.73 Å². The van der Waals surface area contributed by atoms with Crippen molar-refractivity contribution in [3.63, 3.8) is 0 Å². The van der Waals surface area contributed by atoms with Crippen molar-refractivity contribution < 1.29 is 23.1 Å². The summed E-state index contributed by atoms with van der Waals surface area (Å²) in [6.45, 7) is -0.292. The van der Waals surface area contributed by atoms with Gasteiger partial charge in [-0.25, -0.2) is 13.1 Å². The van der Waals surface area contributed by atoms with Crippen molar-refractivity contribution in [3.8, 4) is 0 Å². The van der Waals surface area contributed by atoms with Crippen LogP contribution in [0.4, 0.5) is 0 Å². The minimum Gasteiger partial charge on any atom is -0.481 e. The zero-order chi connectivity index (χ0) is 17.7. The number of hydrogen-bond acceptors (Lipinski definition) is 4. The molecule has 0 heterocycles. The number of nitrogens with two attached hydrogens (primary N) is 1. The highest BCUT2D eigenvalue weighted by atomic mass is 32.2. The molecule has 1 unspecified atom stereocenters. The molecular weight excluding hydrogens is 332 g/mol. The Morgan fingerprint density at radius 1 is 1.04 bits per heavy atom. The Hall–Kier alpha value is -2.71. The highest BCUT2D eigenvalue weighted by molar-refractivity contribution is 7.89. The minimum absolute atomic E-state index is 0.0790. The van der Waals surface area contributed by atoms with E-state index in [1.54, 1.807) is 30.3 Å². The van der Waals surface area contributed by atoms with Gasteiger partial charge in [0.2, 0.25) is 15.9 Å². The molecule has 0 fully saturated rings. The number of aliphatic carboxylic acids is 1. The van der Waals surface area contributed by atoms with Gasteiger partial charge in [-0.1, -0.05) is 30.3 Å². The number of carboxylic acid groups (broad SMARTS) is 1. The molecule has 0 radical (unpaired) electrons. The molecule has 4 N–H and O–H groups in total. The second kappa shape index (κ2) is 7.24. The van der Waals surface area contributed by atoms with Gasteiger partial charge in [0.1, 0.15) is 0 Å². The molecule has 1 atom stereocenters. The van der Waals surface area contributed by atoms with Crippen LogP contribution in [-0.2, 0) is 14.8 Å². The maximum Gasteiger partial charge on any atom is 0.312 e. The van der Waals surface area contributed by atoms with E-state index in [1.165, 1.54) is 24.3 Å². The highest BCUT2D eigenvalue weighted by Gasteiger charge is 2.23. The molecule has 1 amide bonds. The maximum absolute atomic E-state index is 12.3. The van der Waals surface area contributed by atoms with Gasteiger partial charge in [0.15, 0.2) is 0 Å². The molecule has 8 heteroatoms. The van der Waals surface area contributed by atoms with Crippen LogP contribution in [0.2, 0.25) is 0 Å². The third kappa shape index (κ3) is 4.18. The number of carbonyl (C=O) groups is 2. The van der Waals surface area contributed by atoms with Gasteiger partial charge in [0.05, 0.1) is 10.8 Å². The van der Waals surface area contributed by atoms with Crippen LogP contribution >= 0.6 is 0 Å². The third-order valence-corrected chi connectivity index (χ3v) is 4.87. The molecule has 0 saturated heterocycles. The molecule has 0 aromatic heterocycles. The molecule has 126 valence electrons. The summed E-state index contributed by atoms with van der Waals surface area (Å²) in [7, 11) is -3.90. The average Bonchev–Trinajstić information content (AvgIpc) is 2.55. The first-order valence-corrected chi connectivity index (χ1v) is 8.47. The maximum atomic E-state index is 12.3. The van der Waals surface area contributed by atoms with Gasteiger partial charge in [-0.3, -0.25) is 9.59 Å². The Morgan fingerprint density at radius 3 is 2.12 bits per heavy atom. The van der Waals surface area contributed by atoms with E-state index >= 15 is 0 Å². The van der Waals surface area contributed by atoms with E-state index < -0.39 is 27.8 Å². The molecule has 7 nitrogen and oxygen atoms in total. The van der Waals surface area contributed by atoms with Crippen LogP contribution in [0.3, 0.4) is 0 Å². The first-order chi connectivity index (χ1) is 11.3. The first-order valence-electron chi connectivity index (χ1n) is 6.98.